The highest BCUT2D eigenvalue weighted by Crippen LogP contribution is 2.18. The maximum Gasteiger partial charge on any atom is 0.335 e. The normalized spacial score (nSPS) is 19.0. The van der Waals surface area contributed by atoms with E-state index in [-0.39, 0.29) is 17.6 Å². The molecule has 1 fully saturated rings. The molecule has 0 aliphatic carbocycles. The first-order valence-electron chi connectivity index (χ1n) is 6.96. The lowest BCUT2D eigenvalue weighted by molar-refractivity contribution is 0.0697. The third-order valence-electron chi connectivity index (χ3n) is 3.76. The maximum absolute atomic E-state index is 12.0. The van der Waals surface area contributed by atoms with Gasteiger partial charge in [0, 0.05) is 24.3 Å². The number of ether oxygens (including phenoxy) is 1. The van der Waals surface area contributed by atoms with E-state index >= 15 is 0 Å². The van der Waals surface area contributed by atoms with E-state index in [4.69, 9.17) is 9.84 Å². The standard InChI is InChI=1S/C15H20N2O4/c1-9-3-4-11(14(18)19)7-13(9)17-15(20)16-10(2)12-5-6-21-8-12/h3-4,7,10,12H,5-6,8H2,1-2H3,(H,18,19)(H2,16,17,20). The zero-order valence-electron chi connectivity index (χ0n) is 12.2. The van der Waals surface area contributed by atoms with Crippen LogP contribution in [0.5, 0.6) is 0 Å². The van der Waals surface area contributed by atoms with E-state index in [1.54, 1.807) is 6.07 Å². The van der Waals surface area contributed by atoms with Crippen LogP contribution in [-0.4, -0.2) is 36.4 Å². The molecule has 2 amide bonds. The average Bonchev–Trinajstić information content (AvgIpc) is 2.95. The Kier molecular flexibility index (Phi) is 4.80. The molecule has 0 spiro atoms. The number of rotatable bonds is 4. The Labute approximate surface area is 123 Å². The Morgan fingerprint density at radius 2 is 2.19 bits per heavy atom. The molecule has 1 aromatic carbocycles. The number of benzene rings is 1. The molecule has 1 saturated heterocycles. The van der Waals surface area contributed by atoms with E-state index < -0.39 is 5.97 Å². The molecule has 0 aromatic heterocycles. The lowest BCUT2D eigenvalue weighted by atomic mass is 10.0. The van der Waals surface area contributed by atoms with Gasteiger partial charge in [0.05, 0.1) is 12.2 Å². The minimum Gasteiger partial charge on any atom is -0.478 e. The molecule has 1 aliphatic heterocycles. The van der Waals surface area contributed by atoms with Crippen molar-refractivity contribution in [3.8, 4) is 0 Å². The van der Waals surface area contributed by atoms with Gasteiger partial charge < -0.3 is 20.5 Å². The maximum atomic E-state index is 12.0. The summed E-state index contributed by atoms with van der Waals surface area (Å²) in [4.78, 5) is 23.0. The van der Waals surface area contributed by atoms with Crippen LogP contribution in [0.4, 0.5) is 10.5 Å². The first kappa shape index (κ1) is 15.3. The van der Waals surface area contributed by atoms with E-state index in [1.807, 2.05) is 13.8 Å². The summed E-state index contributed by atoms with van der Waals surface area (Å²) in [5, 5.41) is 14.6. The van der Waals surface area contributed by atoms with E-state index in [0.29, 0.717) is 18.2 Å². The number of carbonyl (C=O) groups is 2. The highest BCUT2D eigenvalue weighted by molar-refractivity contribution is 5.94. The summed E-state index contributed by atoms with van der Waals surface area (Å²) in [5.74, 6) is -0.697. The monoisotopic (exact) mass is 292 g/mol. The first-order chi connectivity index (χ1) is 9.97. The molecule has 1 aliphatic rings. The van der Waals surface area contributed by atoms with E-state index in [0.717, 1.165) is 18.6 Å². The topological polar surface area (TPSA) is 87.7 Å². The first-order valence-corrected chi connectivity index (χ1v) is 6.96. The van der Waals surface area contributed by atoms with Crippen LogP contribution in [0.2, 0.25) is 0 Å². The van der Waals surface area contributed by atoms with Crippen molar-refractivity contribution >= 4 is 17.7 Å². The molecule has 6 heteroatoms. The van der Waals surface area contributed by atoms with Crippen molar-refractivity contribution in [1.29, 1.82) is 0 Å². The molecule has 2 unspecified atom stereocenters. The van der Waals surface area contributed by atoms with Crippen LogP contribution in [0.3, 0.4) is 0 Å². The summed E-state index contributed by atoms with van der Waals surface area (Å²) < 4.78 is 5.30. The number of aryl methyl sites for hydroxylation is 1. The molecule has 21 heavy (non-hydrogen) atoms. The third-order valence-corrected chi connectivity index (χ3v) is 3.76. The quantitative estimate of drug-likeness (QED) is 0.794. The molecule has 2 rings (SSSR count). The predicted molar refractivity (Wildman–Crippen MR) is 78.7 cm³/mol. The number of anilines is 1. The summed E-state index contributed by atoms with van der Waals surface area (Å²) >= 11 is 0. The van der Waals surface area contributed by atoms with Gasteiger partial charge in [-0.3, -0.25) is 0 Å². The number of carbonyl (C=O) groups excluding carboxylic acids is 1. The number of hydrogen-bond donors (Lipinski definition) is 3. The number of carboxylic acids is 1. The van der Waals surface area contributed by atoms with Crippen LogP contribution >= 0.6 is 0 Å². The van der Waals surface area contributed by atoms with Gasteiger partial charge in [0.1, 0.15) is 0 Å². The Hall–Kier alpha value is -2.08. The molecule has 114 valence electrons. The molecule has 0 bridgehead atoms. The van der Waals surface area contributed by atoms with Crippen LogP contribution in [-0.2, 0) is 4.74 Å². The smallest absolute Gasteiger partial charge is 0.335 e. The second kappa shape index (κ2) is 6.58. The minimum absolute atomic E-state index is 0.00969. The molecule has 1 aromatic rings. The fraction of sp³-hybridized carbons (Fsp3) is 0.467. The van der Waals surface area contributed by atoms with Crippen molar-refractivity contribution in [2.24, 2.45) is 5.92 Å². The fourth-order valence-electron chi connectivity index (χ4n) is 2.32. The molecule has 0 radical (unpaired) electrons. The third kappa shape index (κ3) is 3.95. The summed E-state index contributed by atoms with van der Waals surface area (Å²) in [5.41, 5.74) is 1.46. The lowest BCUT2D eigenvalue weighted by Gasteiger charge is -2.20. The summed E-state index contributed by atoms with van der Waals surface area (Å²) in [6.45, 7) is 5.15. The largest absolute Gasteiger partial charge is 0.478 e. The zero-order valence-corrected chi connectivity index (χ0v) is 12.2. The van der Waals surface area contributed by atoms with Gasteiger partial charge in [0.15, 0.2) is 0 Å². The van der Waals surface area contributed by atoms with Crippen molar-refractivity contribution in [3.63, 3.8) is 0 Å². The van der Waals surface area contributed by atoms with Crippen molar-refractivity contribution < 1.29 is 19.4 Å². The van der Waals surface area contributed by atoms with Gasteiger partial charge >= 0.3 is 12.0 Å². The SMILES string of the molecule is Cc1ccc(C(=O)O)cc1NC(=O)NC(C)C1CCOC1. The van der Waals surface area contributed by atoms with Crippen LogP contribution in [0, 0.1) is 12.8 Å². The summed E-state index contributed by atoms with van der Waals surface area (Å²) in [7, 11) is 0. The fourth-order valence-corrected chi connectivity index (χ4v) is 2.32. The van der Waals surface area contributed by atoms with Gasteiger partial charge in [-0.15, -0.1) is 0 Å². The van der Waals surface area contributed by atoms with Crippen molar-refractivity contribution in [3.05, 3.63) is 29.3 Å². The molecule has 2 atom stereocenters. The molecular formula is C15H20N2O4. The molecule has 3 N–H and O–H groups in total. The van der Waals surface area contributed by atoms with Crippen molar-refractivity contribution in [2.45, 2.75) is 26.3 Å². The number of nitrogens with one attached hydrogen (secondary N) is 2. The van der Waals surface area contributed by atoms with Gasteiger partial charge in [-0.1, -0.05) is 6.07 Å². The zero-order chi connectivity index (χ0) is 15.4. The summed E-state index contributed by atoms with van der Waals surface area (Å²) in [6, 6.07) is 4.32. The van der Waals surface area contributed by atoms with Crippen LogP contribution < -0.4 is 10.6 Å². The van der Waals surface area contributed by atoms with Gasteiger partial charge in [-0.2, -0.15) is 0 Å². The van der Waals surface area contributed by atoms with E-state index in [1.165, 1.54) is 12.1 Å². The number of aromatic carboxylic acids is 1. The highest BCUT2D eigenvalue weighted by Gasteiger charge is 2.23. The number of carboxylic acid groups (broad SMARTS) is 1. The van der Waals surface area contributed by atoms with Crippen molar-refractivity contribution in [2.75, 3.05) is 18.5 Å². The Morgan fingerprint density at radius 3 is 2.81 bits per heavy atom. The minimum atomic E-state index is -1.02. The van der Waals surface area contributed by atoms with Gasteiger partial charge in [-0.25, -0.2) is 9.59 Å². The number of amides is 2. The molecule has 6 nitrogen and oxygen atoms in total. The highest BCUT2D eigenvalue weighted by atomic mass is 16.5. The Balaban J connectivity index is 1.98. The van der Waals surface area contributed by atoms with Crippen LogP contribution in [0.25, 0.3) is 0 Å². The van der Waals surface area contributed by atoms with Crippen LogP contribution in [0.15, 0.2) is 18.2 Å². The molecule has 1 heterocycles. The molecular weight excluding hydrogens is 272 g/mol. The second-order valence-corrected chi connectivity index (χ2v) is 5.35. The predicted octanol–water partition coefficient (Wildman–Crippen LogP) is 2.24. The van der Waals surface area contributed by atoms with Crippen molar-refractivity contribution in [1.82, 2.24) is 5.32 Å². The second-order valence-electron chi connectivity index (χ2n) is 5.35. The molecule has 0 saturated carbocycles. The van der Waals surface area contributed by atoms with E-state index in [2.05, 4.69) is 10.6 Å². The van der Waals surface area contributed by atoms with Gasteiger partial charge in [0.2, 0.25) is 0 Å². The van der Waals surface area contributed by atoms with Gasteiger partial charge in [-0.05, 0) is 38.0 Å². The van der Waals surface area contributed by atoms with Crippen LogP contribution in [0.1, 0.15) is 29.3 Å². The number of hydrogen-bond acceptors (Lipinski definition) is 3. The lowest BCUT2D eigenvalue weighted by Crippen LogP contribution is -2.41. The Morgan fingerprint density at radius 1 is 1.43 bits per heavy atom. The summed E-state index contributed by atoms with van der Waals surface area (Å²) in [6.07, 6.45) is 0.939. The van der Waals surface area contributed by atoms with E-state index in [9.17, 15) is 9.59 Å². The van der Waals surface area contributed by atoms with Gasteiger partial charge in [0.25, 0.3) is 0 Å². The Bertz CT molecular complexity index is 538. The number of urea groups is 1. The average molecular weight is 292 g/mol.